The van der Waals surface area contributed by atoms with E-state index in [9.17, 15) is 0 Å². The van der Waals surface area contributed by atoms with Crippen LogP contribution in [0.2, 0.25) is 0 Å². The van der Waals surface area contributed by atoms with Crippen molar-refractivity contribution in [1.82, 2.24) is 5.32 Å². The molecule has 0 aromatic heterocycles. The van der Waals surface area contributed by atoms with Gasteiger partial charge < -0.3 is 10.6 Å². The topological polar surface area (TPSA) is 24.1 Å². The van der Waals surface area contributed by atoms with E-state index in [1.807, 2.05) is 12.6 Å². The van der Waals surface area contributed by atoms with Crippen molar-refractivity contribution in [2.45, 2.75) is 6.54 Å². The van der Waals surface area contributed by atoms with Gasteiger partial charge in [-0.15, -0.1) is 0 Å². The molecule has 1 aliphatic heterocycles. The fraction of sp³-hybridized carbons (Fsp3) is 0.222. The molecule has 0 atom stereocenters. The lowest BCUT2D eigenvalue weighted by Crippen LogP contribution is -2.13. The van der Waals surface area contributed by atoms with Gasteiger partial charge in [-0.05, 0) is 11.6 Å². The molecule has 1 heterocycles. The summed E-state index contributed by atoms with van der Waals surface area (Å²) in [4.78, 5) is 0. The first kappa shape index (κ1) is 6.68. The fourth-order valence-electron chi connectivity index (χ4n) is 1.26. The van der Waals surface area contributed by atoms with Crippen LogP contribution in [0.5, 0.6) is 0 Å². The van der Waals surface area contributed by atoms with E-state index in [2.05, 4.69) is 28.8 Å². The van der Waals surface area contributed by atoms with Crippen LogP contribution in [0.3, 0.4) is 0 Å². The Bertz CT molecular complexity index is 220. The maximum atomic E-state index is 3.29. The van der Waals surface area contributed by atoms with E-state index in [4.69, 9.17) is 0 Å². The lowest BCUT2D eigenvalue weighted by molar-refractivity contribution is 0.754. The summed E-state index contributed by atoms with van der Waals surface area (Å²) in [5.41, 5.74) is 2.55. The van der Waals surface area contributed by atoms with Crippen molar-refractivity contribution >= 4 is 5.69 Å². The maximum Gasteiger partial charge on any atom is 0.0599 e. The summed E-state index contributed by atoms with van der Waals surface area (Å²) >= 11 is 0. The van der Waals surface area contributed by atoms with Crippen molar-refractivity contribution in [2.75, 3.05) is 11.9 Å². The van der Waals surface area contributed by atoms with E-state index in [1.54, 1.807) is 0 Å². The molecule has 2 heteroatoms. The molecular formula is C9H11N2. The molecule has 1 aromatic carbocycles. The Balaban J connectivity index is 2.33. The molecule has 11 heavy (non-hydrogen) atoms. The quantitative estimate of drug-likeness (QED) is 0.579. The van der Waals surface area contributed by atoms with Crippen LogP contribution in [0.25, 0.3) is 0 Å². The van der Waals surface area contributed by atoms with Gasteiger partial charge in [-0.25, -0.2) is 0 Å². The van der Waals surface area contributed by atoms with Gasteiger partial charge in [0.1, 0.15) is 0 Å². The molecular weight excluding hydrogens is 136 g/mol. The normalized spacial score (nSPS) is 16.4. The van der Waals surface area contributed by atoms with Crippen molar-refractivity contribution in [3.63, 3.8) is 0 Å². The number of para-hydroxylation sites is 1. The lowest BCUT2D eigenvalue weighted by atomic mass is 10.2. The van der Waals surface area contributed by atoms with Gasteiger partial charge >= 0.3 is 0 Å². The first-order chi connectivity index (χ1) is 5.47. The molecule has 2 rings (SSSR count). The van der Waals surface area contributed by atoms with Crippen LogP contribution in [0.15, 0.2) is 24.3 Å². The van der Waals surface area contributed by atoms with Crippen LogP contribution in [-0.2, 0) is 6.54 Å². The Morgan fingerprint density at radius 3 is 3.09 bits per heavy atom. The minimum absolute atomic E-state index is 0.925. The largest absolute Gasteiger partial charge is 0.379 e. The van der Waals surface area contributed by atoms with Gasteiger partial charge in [-0.2, -0.15) is 0 Å². The molecule has 0 fully saturated rings. The van der Waals surface area contributed by atoms with Crippen LogP contribution in [-0.4, -0.2) is 6.54 Å². The molecule has 0 bridgehead atoms. The van der Waals surface area contributed by atoms with Crippen LogP contribution >= 0.6 is 0 Å². The van der Waals surface area contributed by atoms with Gasteiger partial charge in [0.2, 0.25) is 0 Å². The second kappa shape index (κ2) is 2.93. The highest BCUT2D eigenvalue weighted by molar-refractivity contribution is 5.52. The second-order valence-electron chi connectivity index (χ2n) is 2.64. The Labute approximate surface area is 66.6 Å². The van der Waals surface area contributed by atoms with Crippen molar-refractivity contribution in [2.24, 2.45) is 0 Å². The minimum Gasteiger partial charge on any atom is -0.379 e. The van der Waals surface area contributed by atoms with Crippen molar-refractivity contribution in [3.8, 4) is 0 Å². The van der Waals surface area contributed by atoms with Crippen molar-refractivity contribution in [1.29, 1.82) is 0 Å². The monoisotopic (exact) mass is 147 g/mol. The summed E-state index contributed by atoms with van der Waals surface area (Å²) in [6.07, 6.45) is 0. The molecule has 1 radical (unpaired) electrons. The zero-order valence-electron chi connectivity index (χ0n) is 6.30. The van der Waals surface area contributed by atoms with E-state index >= 15 is 0 Å². The fourth-order valence-corrected chi connectivity index (χ4v) is 1.26. The molecule has 0 amide bonds. The molecule has 0 aliphatic carbocycles. The second-order valence-corrected chi connectivity index (χ2v) is 2.64. The van der Waals surface area contributed by atoms with Crippen molar-refractivity contribution < 1.29 is 0 Å². The molecule has 0 unspecified atom stereocenters. The summed E-state index contributed by atoms with van der Waals surface area (Å²) in [5, 5.41) is 6.52. The average molecular weight is 147 g/mol. The van der Waals surface area contributed by atoms with E-state index < -0.39 is 0 Å². The highest BCUT2D eigenvalue weighted by Crippen LogP contribution is 2.16. The van der Waals surface area contributed by atoms with Crippen molar-refractivity contribution in [3.05, 3.63) is 36.4 Å². The molecule has 1 aliphatic rings. The molecule has 2 nitrogen and oxygen atoms in total. The lowest BCUT2D eigenvalue weighted by Gasteiger charge is -2.04. The predicted octanol–water partition coefficient (Wildman–Crippen LogP) is 1.36. The number of fused-ring (bicyclic) bond motifs is 1. The maximum absolute atomic E-state index is 3.29. The molecule has 57 valence electrons. The number of benzene rings is 1. The number of nitrogens with one attached hydrogen (secondary N) is 2. The van der Waals surface area contributed by atoms with Gasteiger partial charge in [0.25, 0.3) is 0 Å². The van der Waals surface area contributed by atoms with Gasteiger partial charge in [0.05, 0.1) is 6.54 Å². The Morgan fingerprint density at radius 1 is 1.18 bits per heavy atom. The highest BCUT2D eigenvalue weighted by atomic mass is 15.0. The Morgan fingerprint density at radius 2 is 2.09 bits per heavy atom. The number of rotatable bonds is 0. The van der Waals surface area contributed by atoms with Crippen LogP contribution in [0.4, 0.5) is 5.69 Å². The predicted molar refractivity (Wildman–Crippen MR) is 46.1 cm³/mol. The van der Waals surface area contributed by atoms with E-state index in [-0.39, 0.29) is 0 Å². The first-order valence-electron chi connectivity index (χ1n) is 3.83. The smallest absolute Gasteiger partial charge is 0.0599 e. The van der Waals surface area contributed by atoms with Crippen LogP contribution in [0, 0.1) is 6.54 Å². The average Bonchev–Trinajstić information content (AvgIpc) is 2.28. The summed E-state index contributed by atoms with van der Waals surface area (Å²) in [6, 6.07) is 8.34. The van der Waals surface area contributed by atoms with E-state index in [0.717, 1.165) is 13.1 Å². The standard InChI is InChI=1S/C9H11N2/c1-2-4-9-8(3-1)7-10-5-6-11-9/h1-4,6,10-11H,5,7H2. The van der Waals surface area contributed by atoms with Gasteiger partial charge in [0.15, 0.2) is 0 Å². The van der Waals surface area contributed by atoms with E-state index in [0.29, 0.717) is 0 Å². The molecule has 1 aromatic rings. The zero-order chi connectivity index (χ0) is 7.52. The molecule has 2 N–H and O–H groups in total. The molecule has 0 saturated heterocycles. The third-order valence-corrected chi connectivity index (χ3v) is 1.84. The third-order valence-electron chi connectivity index (χ3n) is 1.84. The minimum atomic E-state index is 0.925. The van der Waals surface area contributed by atoms with Gasteiger partial charge in [0, 0.05) is 18.8 Å². The third kappa shape index (κ3) is 1.35. The van der Waals surface area contributed by atoms with Gasteiger partial charge in [-0.3, -0.25) is 0 Å². The van der Waals surface area contributed by atoms with Gasteiger partial charge in [-0.1, -0.05) is 18.2 Å². The van der Waals surface area contributed by atoms with Crippen LogP contribution < -0.4 is 10.6 Å². The Hall–Kier alpha value is -1.02. The number of anilines is 1. The summed E-state index contributed by atoms with van der Waals surface area (Å²) in [5.74, 6) is 0. The Kier molecular flexibility index (Phi) is 1.78. The first-order valence-corrected chi connectivity index (χ1v) is 3.83. The van der Waals surface area contributed by atoms with E-state index in [1.165, 1.54) is 11.3 Å². The summed E-state index contributed by atoms with van der Waals surface area (Å²) in [6.45, 7) is 3.92. The molecule has 0 saturated carbocycles. The highest BCUT2D eigenvalue weighted by Gasteiger charge is 2.03. The molecule has 0 spiro atoms. The summed E-state index contributed by atoms with van der Waals surface area (Å²) < 4.78 is 0. The zero-order valence-corrected chi connectivity index (χ0v) is 6.30. The number of hydrogen-bond donors (Lipinski definition) is 2. The SMILES string of the molecule is [CH]1CNCc2ccccc2N1. The summed E-state index contributed by atoms with van der Waals surface area (Å²) in [7, 11) is 0. The van der Waals surface area contributed by atoms with Crippen LogP contribution in [0.1, 0.15) is 5.56 Å². The number of hydrogen-bond acceptors (Lipinski definition) is 2.